The topological polar surface area (TPSA) is 170 Å². The summed E-state index contributed by atoms with van der Waals surface area (Å²) in [4.78, 5) is 40.2. The molecule has 2 atom stereocenters. The molecule has 0 aliphatic heterocycles. The van der Waals surface area contributed by atoms with Gasteiger partial charge >= 0.3 is 5.97 Å². The number of nitrogens with one attached hydrogen (secondary N) is 3. The number of nitrogens with zero attached hydrogens (tertiary/aromatic N) is 1. The number of rotatable bonds is 8. The molecule has 0 saturated heterocycles. The van der Waals surface area contributed by atoms with E-state index in [4.69, 9.17) is 15.9 Å². The lowest BCUT2D eigenvalue weighted by Crippen LogP contribution is -2.50. The van der Waals surface area contributed by atoms with Gasteiger partial charge in [0.1, 0.15) is 6.04 Å². The third kappa shape index (κ3) is 5.58. The zero-order chi connectivity index (χ0) is 15.8. The molecule has 2 unspecified atom stereocenters. The highest BCUT2D eigenvalue weighted by Crippen LogP contribution is 1.96. The SMILES string of the molecule is NC(Cc1cnc[nH]1)C(=O)NCC(=O)NC(CO)C(=O)O. The first kappa shape index (κ1) is 16.6. The van der Waals surface area contributed by atoms with Crippen LogP contribution in [0.4, 0.5) is 0 Å². The monoisotopic (exact) mass is 299 g/mol. The maximum Gasteiger partial charge on any atom is 0.328 e. The van der Waals surface area contributed by atoms with E-state index in [1.165, 1.54) is 12.5 Å². The molecule has 0 spiro atoms. The molecule has 7 N–H and O–H groups in total. The van der Waals surface area contributed by atoms with Crippen LogP contribution in [0.5, 0.6) is 0 Å². The first-order chi connectivity index (χ1) is 9.93. The Morgan fingerprint density at radius 1 is 1.43 bits per heavy atom. The smallest absolute Gasteiger partial charge is 0.328 e. The normalized spacial score (nSPS) is 13.2. The number of aromatic amines is 1. The molecule has 1 aromatic heterocycles. The van der Waals surface area contributed by atoms with Crippen molar-refractivity contribution in [2.75, 3.05) is 13.2 Å². The minimum Gasteiger partial charge on any atom is -0.480 e. The number of amides is 2. The van der Waals surface area contributed by atoms with Crippen molar-refractivity contribution in [2.45, 2.75) is 18.5 Å². The summed E-state index contributed by atoms with van der Waals surface area (Å²) in [6, 6.07) is -2.28. The van der Waals surface area contributed by atoms with Gasteiger partial charge in [-0.3, -0.25) is 9.59 Å². The molecule has 0 saturated carbocycles. The predicted octanol–water partition coefficient (Wildman–Crippen LogP) is -3.04. The van der Waals surface area contributed by atoms with Gasteiger partial charge < -0.3 is 31.6 Å². The van der Waals surface area contributed by atoms with Crippen molar-refractivity contribution in [3.05, 3.63) is 18.2 Å². The largest absolute Gasteiger partial charge is 0.480 e. The number of aromatic nitrogens is 2. The molecule has 1 rings (SSSR count). The number of aliphatic carboxylic acids is 1. The second kappa shape index (κ2) is 7.97. The number of H-pyrrole nitrogens is 1. The summed E-state index contributed by atoms with van der Waals surface area (Å²) in [6.07, 6.45) is 3.20. The van der Waals surface area contributed by atoms with Crippen molar-refractivity contribution in [1.29, 1.82) is 0 Å². The Morgan fingerprint density at radius 2 is 2.14 bits per heavy atom. The fraction of sp³-hybridized carbons (Fsp3) is 0.455. The average molecular weight is 299 g/mol. The van der Waals surface area contributed by atoms with Crippen LogP contribution in [0.2, 0.25) is 0 Å². The average Bonchev–Trinajstić information content (AvgIpc) is 2.94. The summed E-state index contributed by atoms with van der Waals surface area (Å²) in [5, 5.41) is 21.7. The summed E-state index contributed by atoms with van der Waals surface area (Å²) < 4.78 is 0. The Morgan fingerprint density at radius 3 is 2.67 bits per heavy atom. The van der Waals surface area contributed by atoms with Crippen LogP contribution in [0.1, 0.15) is 5.69 Å². The molecule has 2 amide bonds. The Bertz CT molecular complexity index is 489. The Hall–Kier alpha value is -2.46. The van der Waals surface area contributed by atoms with Crippen LogP contribution in [0.25, 0.3) is 0 Å². The lowest BCUT2D eigenvalue weighted by molar-refractivity contribution is -0.142. The molecule has 0 aliphatic carbocycles. The van der Waals surface area contributed by atoms with Gasteiger partial charge in [0, 0.05) is 18.3 Å². The van der Waals surface area contributed by atoms with Crippen LogP contribution in [0.15, 0.2) is 12.5 Å². The van der Waals surface area contributed by atoms with Crippen molar-refractivity contribution in [3.8, 4) is 0 Å². The number of aliphatic hydroxyl groups is 1. The van der Waals surface area contributed by atoms with Crippen LogP contribution in [-0.2, 0) is 20.8 Å². The first-order valence-corrected chi connectivity index (χ1v) is 6.07. The van der Waals surface area contributed by atoms with E-state index in [1.54, 1.807) is 0 Å². The van der Waals surface area contributed by atoms with Gasteiger partial charge in [0.25, 0.3) is 0 Å². The number of carbonyl (C=O) groups excluding carboxylic acids is 2. The number of hydrogen-bond acceptors (Lipinski definition) is 6. The zero-order valence-electron chi connectivity index (χ0n) is 11.1. The summed E-state index contributed by atoms with van der Waals surface area (Å²) in [7, 11) is 0. The highest BCUT2D eigenvalue weighted by atomic mass is 16.4. The van der Waals surface area contributed by atoms with E-state index >= 15 is 0 Å². The lowest BCUT2D eigenvalue weighted by Gasteiger charge is -2.14. The molecule has 1 heterocycles. The Balaban J connectivity index is 2.34. The van der Waals surface area contributed by atoms with E-state index in [0.717, 1.165) is 0 Å². The van der Waals surface area contributed by atoms with Crippen molar-refractivity contribution >= 4 is 17.8 Å². The number of nitrogens with two attached hydrogens (primary N) is 1. The number of imidazole rings is 1. The highest BCUT2D eigenvalue weighted by Gasteiger charge is 2.20. The fourth-order valence-corrected chi connectivity index (χ4v) is 1.46. The molecule has 10 heteroatoms. The van der Waals surface area contributed by atoms with Gasteiger partial charge in [-0.25, -0.2) is 9.78 Å². The second-order valence-electron chi connectivity index (χ2n) is 4.25. The predicted molar refractivity (Wildman–Crippen MR) is 69.9 cm³/mol. The molecule has 0 aromatic carbocycles. The van der Waals surface area contributed by atoms with Gasteiger partial charge in [-0.05, 0) is 0 Å². The third-order valence-electron chi connectivity index (χ3n) is 2.57. The van der Waals surface area contributed by atoms with E-state index < -0.39 is 43.0 Å². The standard InChI is InChI=1S/C11H17N5O5/c12-7(1-6-2-13-5-15-6)10(19)14-3-9(18)16-8(4-17)11(20)21/h2,5,7-8,17H,1,3-4,12H2,(H,13,15)(H,14,19)(H,16,18)(H,20,21). The molecular weight excluding hydrogens is 282 g/mol. The molecule has 1 aromatic rings. The summed E-state index contributed by atoms with van der Waals surface area (Å²) >= 11 is 0. The number of hydrogen-bond donors (Lipinski definition) is 6. The van der Waals surface area contributed by atoms with Crippen LogP contribution in [0.3, 0.4) is 0 Å². The van der Waals surface area contributed by atoms with Crippen molar-refractivity contribution in [3.63, 3.8) is 0 Å². The van der Waals surface area contributed by atoms with Crippen LogP contribution < -0.4 is 16.4 Å². The van der Waals surface area contributed by atoms with Gasteiger partial charge in [-0.2, -0.15) is 0 Å². The molecule has 21 heavy (non-hydrogen) atoms. The molecule has 0 radical (unpaired) electrons. The van der Waals surface area contributed by atoms with Crippen LogP contribution in [0, 0.1) is 0 Å². The molecule has 0 fully saturated rings. The van der Waals surface area contributed by atoms with Gasteiger partial charge in [0.15, 0.2) is 0 Å². The summed E-state index contributed by atoms with van der Waals surface area (Å²) in [6.45, 7) is -1.17. The van der Waals surface area contributed by atoms with Gasteiger partial charge in [-0.15, -0.1) is 0 Å². The maximum atomic E-state index is 11.6. The van der Waals surface area contributed by atoms with Crippen molar-refractivity contribution in [1.82, 2.24) is 20.6 Å². The molecular formula is C11H17N5O5. The quantitative estimate of drug-likeness (QED) is 0.296. The maximum absolute atomic E-state index is 11.6. The molecule has 0 bridgehead atoms. The summed E-state index contributed by atoms with van der Waals surface area (Å²) in [5.41, 5.74) is 6.32. The number of carboxylic acid groups (broad SMARTS) is 1. The first-order valence-electron chi connectivity index (χ1n) is 6.07. The molecule has 10 nitrogen and oxygen atoms in total. The third-order valence-corrected chi connectivity index (χ3v) is 2.57. The Kier molecular flexibility index (Phi) is 6.30. The second-order valence-corrected chi connectivity index (χ2v) is 4.25. The van der Waals surface area contributed by atoms with Crippen molar-refractivity contribution in [2.24, 2.45) is 5.73 Å². The van der Waals surface area contributed by atoms with E-state index in [-0.39, 0.29) is 6.42 Å². The lowest BCUT2D eigenvalue weighted by atomic mass is 10.1. The van der Waals surface area contributed by atoms with E-state index in [9.17, 15) is 14.4 Å². The van der Waals surface area contributed by atoms with Crippen LogP contribution >= 0.6 is 0 Å². The van der Waals surface area contributed by atoms with Gasteiger partial charge in [0.2, 0.25) is 11.8 Å². The minimum absolute atomic E-state index is 0.224. The fourth-order valence-electron chi connectivity index (χ4n) is 1.46. The molecule has 116 valence electrons. The van der Waals surface area contributed by atoms with E-state index in [0.29, 0.717) is 5.69 Å². The highest BCUT2D eigenvalue weighted by molar-refractivity contribution is 5.89. The van der Waals surface area contributed by atoms with Crippen molar-refractivity contribution < 1.29 is 24.6 Å². The zero-order valence-corrected chi connectivity index (χ0v) is 11.1. The van der Waals surface area contributed by atoms with Crippen LogP contribution in [-0.4, -0.2) is 63.2 Å². The minimum atomic E-state index is -1.41. The summed E-state index contributed by atoms with van der Waals surface area (Å²) in [5.74, 6) is -2.66. The van der Waals surface area contributed by atoms with E-state index in [2.05, 4.69) is 15.3 Å². The number of aliphatic hydroxyl groups excluding tert-OH is 1. The van der Waals surface area contributed by atoms with Gasteiger partial charge in [-0.1, -0.05) is 0 Å². The Labute approximate surface area is 119 Å². The van der Waals surface area contributed by atoms with E-state index in [1.807, 2.05) is 5.32 Å². The number of carbonyl (C=O) groups is 3. The number of carboxylic acids is 1. The van der Waals surface area contributed by atoms with Gasteiger partial charge in [0.05, 0.1) is 25.5 Å². The molecule has 0 aliphatic rings.